The summed E-state index contributed by atoms with van der Waals surface area (Å²) in [5.74, 6) is -0.383. The number of nitrogens with zero attached hydrogens (tertiary/aromatic N) is 2. The lowest BCUT2D eigenvalue weighted by Crippen LogP contribution is -2.12. The first-order valence-electron chi connectivity index (χ1n) is 4.53. The van der Waals surface area contributed by atoms with E-state index in [2.05, 4.69) is 9.97 Å². The minimum Gasteiger partial charge on any atom is -0.320 e. The monoisotopic (exact) mass is 203 g/mol. The molecule has 0 saturated heterocycles. The second kappa shape index (κ2) is 4.14. The summed E-state index contributed by atoms with van der Waals surface area (Å²) in [6.07, 6.45) is 6.04. The lowest BCUT2D eigenvalue weighted by atomic mass is 10.0. The van der Waals surface area contributed by atoms with Gasteiger partial charge < -0.3 is 5.73 Å². The fourth-order valence-electron chi connectivity index (χ4n) is 1.35. The smallest absolute Gasteiger partial charge is 0.141 e. The second-order valence-electron chi connectivity index (χ2n) is 3.20. The van der Waals surface area contributed by atoms with Crippen molar-refractivity contribution in [3.8, 4) is 0 Å². The minimum atomic E-state index is -0.387. The van der Waals surface area contributed by atoms with Gasteiger partial charge in [-0.05, 0) is 23.3 Å². The maximum atomic E-state index is 12.9. The van der Waals surface area contributed by atoms with E-state index in [4.69, 9.17) is 5.73 Å². The summed E-state index contributed by atoms with van der Waals surface area (Å²) in [7, 11) is 0. The van der Waals surface area contributed by atoms with Crippen molar-refractivity contribution >= 4 is 0 Å². The van der Waals surface area contributed by atoms with Crippen molar-refractivity contribution in [1.82, 2.24) is 9.97 Å². The van der Waals surface area contributed by atoms with Crippen LogP contribution in [0.1, 0.15) is 17.2 Å². The lowest BCUT2D eigenvalue weighted by Gasteiger charge is -2.10. The Morgan fingerprint density at radius 1 is 1.13 bits per heavy atom. The van der Waals surface area contributed by atoms with Crippen LogP contribution in [-0.2, 0) is 0 Å². The largest absolute Gasteiger partial charge is 0.320 e. The first kappa shape index (κ1) is 9.73. The topological polar surface area (TPSA) is 51.8 Å². The standard InChI is InChI=1S/C11H10FN3/c12-10-4-9(6-15-7-10)11(13)8-2-1-3-14-5-8/h1-7,11H,13H2. The van der Waals surface area contributed by atoms with Gasteiger partial charge in [0.1, 0.15) is 5.82 Å². The van der Waals surface area contributed by atoms with Crippen LogP contribution in [0, 0.1) is 5.82 Å². The molecule has 2 rings (SSSR count). The minimum absolute atomic E-state index is 0.383. The molecule has 0 aliphatic carbocycles. The van der Waals surface area contributed by atoms with Crippen LogP contribution >= 0.6 is 0 Å². The van der Waals surface area contributed by atoms with Crippen LogP contribution < -0.4 is 5.73 Å². The lowest BCUT2D eigenvalue weighted by molar-refractivity contribution is 0.616. The van der Waals surface area contributed by atoms with E-state index in [9.17, 15) is 4.39 Å². The first-order valence-corrected chi connectivity index (χ1v) is 4.53. The van der Waals surface area contributed by atoms with E-state index >= 15 is 0 Å². The molecule has 15 heavy (non-hydrogen) atoms. The Bertz CT molecular complexity index is 445. The van der Waals surface area contributed by atoms with E-state index in [1.807, 2.05) is 6.07 Å². The van der Waals surface area contributed by atoms with Crippen molar-refractivity contribution < 1.29 is 4.39 Å². The molecule has 2 heterocycles. The molecule has 3 nitrogen and oxygen atoms in total. The molecule has 0 aromatic carbocycles. The fourth-order valence-corrected chi connectivity index (χ4v) is 1.35. The van der Waals surface area contributed by atoms with Crippen molar-refractivity contribution in [3.63, 3.8) is 0 Å². The summed E-state index contributed by atoms with van der Waals surface area (Å²) in [6.45, 7) is 0. The molecule has 2 N–H and O–H groups in total. The zero-order chi connectivity index (χ0) is 10.7. The molecular weight excluding hydrogens is 193 g/mol. The van der Waals surface area contributed by atoms with Gasteiger partial charge >= 0.3 is 0 Å². The number of hydrogen-bond donors (Lipinski definition) is 1. The molecule has 0 saturated carbocycles. The molecule has 0 fully saturated rings. The van der Waals surface area contributed by atoms with E-state index in [-0.39, 0.29) is 11.9 Å². The van der Waals surface area contributed by atoms with E-state index < -0.39 is 0 Å². The molecule has 2 aromatic heterocycles. The van der Waals surface area contributed by atoms with Crippen LogP contribution in [0.3, 0.4) is 0 Å². The summed E-state index contributed by atoms with van der Waals surface area (Å²) in [5, 5.41) is 0. The molecule has 0 bridgehead atoms. The van der Waals surface area contributed by atoms with Gasteiger partial charge in [-0.15, -0.1) is 0 Å². The van der Waals surface area contributed by atoms with Gasteiger partial charge in [0.15, 0.2) is 0 Å². The SMILES string of the molecule is NC(c1cccnc1)c1cncc(F)c1. The van der Waals surface area contributed by atoms with Crippen LogP contribution in [0.25, 0.3) is 0 Å². The zero-order valence-electron chi connectivity index (χ0n) is 7.97. The van der Waals surface area contributed by atoms with Gasteiger partial charge in [-0.25, -0.2) is 4.39 Å². The van der Waals surface area contributed by atoms with Gasteiger partial charge in [0, 0.05) is 18.6 Å². The van der Waals surface area contributed by atoms with Crippen LogP contribution in [0.5, 0.6) is 0 Å². The molecule has 0 spiro atoms. The molecule has 76 valence electrons. The summed E-state index contributed by atoms with van der Waals surface area (Å²) < 4.78 is 12.9. The molecule has 1 atom stereocenters. The van der Waals surface area contributed by atoms with Crippen molar-refractivity contribution in [1.29, 1.82) is 0 Å². The molecule has 1 unspecified atom stereocenters. The summed E-state index contributed by atoms with van der Waals surface area (Å²) in [4.78, 5) is 7.71. The van der Waals surface area contributed by atoms with Crippen LogP contribution in [0.2, 0.25) is 0 Å². The highest BCUT2D eigenvalue weighted by atomic mass is 19.1. The van der Waals surface area contributed by atoms with E-state index in [1.165, 1.54) is 6.07 Å². The predicted octanol–water partition coefficient (Wildman–Crippen LogP) is 1.66. The molecule has 2 aromatic rings. The summed E-state index contributed by atoms with van der Waals surface area (Å²) in [5.41, 5.74) is 7.42. The number of rotatable bonds is 2. The van der Waals surface area contributed by atoms with Gasteiger partial charge in [0.2, 0.25) is 0 Å². The number of hydrogen-bond acceptors (Lipinski definition) is 3. The van der Waals surface area contributed by atoms with Crippen molar-refractivity contribution in [2.45, 2.75) is 6.04 Å². The molecule has 0 aliphatic rings. The fraction of sp³-hybridized carbons (Fsp3) is 0.0909. The number of nitrogens with two attached hydrogens (primary N) is 1. The Balaban J connectivity index is 2.32. The Hall–Kier alpha value is -1.81. The van der Waals surface area contributed by atoms with E-state index in [1.54, 1.807) is 24.7 Å². The highest BCUT2D eigenvalue weighted by molar-refractivity contribution is 5.27. The first-order chi connectivity index (χ1) is 7.27. The molecular formula is C11H10FN3. The van der Waals surface area contributed by atoms with Crippen LogP contribution in [0.4, 0.5) is 4.39 Å². The van der Waals surface area contributed by atoms with Crippen LogP contribution in [0.15, 0.2) is 43.0 Å². The third-order valence-corrected chi connectivity index (χ3v) is 2.13. The van der Waals surface area contributed by atoms with Crippen molar-refractivity contribution in [2.24, 2.45) is 5.73 Å². The zero-order valence-corrected chi connectivity index (χ0v) is 7.97. The normalized spacial score (nSPS) is 12.4. The van der Waals surface area contributed by atoms with Gasteiger partial charge in [0.25, 0.3) is 0 Å². The van der Waals surface area contributed by atoms with E-state index in [0.29, 0.717) is 5.56 Å². The van der Waals surface area contributed by atoms with E-state index in [0.717, 1.165) is 11.8 Å². The van der Waals surface area contributed by atoms with Gasteiger partial charge in [-0.1, -0.05) is 6.07 Å². The molecule has 0 amide bonds. The third-order valence-electron chi connectivity index (χ3n) is 2.13. The van der Waals surface area contributed by atoms with Gasteiger partial charge in [-0.3, -0.25) is 9.97 Å². The maximum absolute atomic E-state index is 12.9. The molecule has 0 radical (unpaired) electrons. The summed E-state index contributed by atoms with van der Waals surface area (Å²) in [6, 6.07) is 4.64. The number of pyridine rings is 2. The third kappa shape index (κ3) is 2.16. The Morgan fingerprint density at radius 2 is 1.93 bits per heavy atom. The highest BCUT2D eigenvalue weighted by Crippen LogP contribution is 2.17. The average Bonchev–Trinajstić information content (AvgIpc) is 2.29. The quantitative estimate of drug-likeness (QED) is 0.807. The molecule has 0 aliphatic heterocycles. The Morgan fingerprint density at radius 3 is 2.60 bits per heavy atom. The van der Waals surface area contributed by atoms with Crippen molar-refractivity contribution in [2.75, 3.05) is 0 Å². The van der Waals surface area contributed by atoms with Gasteiger partial charge in [0.05, 0.1) is 12.2 Å². The van der Waals surface area contributed by atoms with Gasteiger partial charge in [-0.2, -0.15) is 0 Å². The number of halogens is 1. The highest BCUT2D eigenvalue weighted by Gasteiger charge is 2.09. The second-order valence-corrected chi connectivity index (χ2v) is 3.20. The number of aromatic nitrogens is 2. The average molecular weight is 203 g/mol. The Labute approximate surface area is 86.8 Å². The molecule has 4 heteroatoms. The summed E-state index contributed by atoms with van der Waals surface area (Å²) >= 11 is 0. The Kier molecular flexibility index (Phi) is 2.69. The van der Waals surface area contributed by atoms with Crippen LogP contribution in [-0.4, -0.2) is 9.97 Å². The predicted molar refractivity (Wildman–Crippen MR) is 54.5 cm³/mol. The maximum Gasteiger partial charge on any atom is 0.141 e. The van der Waals surface area contributed by atoms with Crippen molar-refractivity contribution in [3.05, 3.63) is 59.9 Å².